The molecule has 1 aliphatic heterocycles. The van der Waals surface area contributed by atoms with Gasteiger partial charge < -0.3 is 15.2 Å². The molecule has 1 rings (SSSR count). The largest absolute Gasteiger partial charge is 0.480 e. The number of amides is 1. The van der Waals surface area contributed by atoms with Crippen LogP contribution in [0, 0.1) is 0 Å². The number of likely N-dealkylation sites (tertiary alicyclic amines) is 1. The summed E-state index contributed by atoms with van der Waals surface area (Å²) in [6.45, 7) is 5.63. The highest BCUT2D eigenvalue weighted by molar-refractivity contribution is 5.81. The van der Waals surface area contributed by atoms with E-state index in [1.807, 2.05) is 0 Å². The zero-order valence-corrected chi connectivity index (χ0v) is 10.7. The average molecular weight is 244 g/mol. The fraction of sp³-hybridized carbons (Fsp3) is 0.818. The van der Waals surface area contributed by atoms with Crippen LogP contribution in [0.2, 0.25) is 0 Å². The molecule has 0 aliphatic carbocycles. The average Bonchev–Trinajstić information content (AvgIpc) is 2.58. The smallest absolute Gasteiger partial charge is 0.411 e. The quantitative estimate of drug-likeness (QED) is 0.746. The molecule has 98 valence electrons. The van der Waals surface area contributed by atoms with Gasteiger partial charge in [-0.15, -0.1) is 0 Å². The van der Waals surface area contributed by atoms with Crippen LogP contribution in [0.15, 0.2) is 0 Å². The molecule has 0 radical (unpaired) electrons. The number of rotatable bonds is 2. The van der Waals surface area contributed by atoms with Crippen LogP contribution in [-0.2, 0) is 9.53 Å². The van der Waals surface area contributed by atoms with E-state index in [0.29, 0.717) is 13.0 Å². The summed E-state index contributed by atoms with van der Waals surface area (Å²) in [6, 6.07) is -0.800. The Morgan fingerprint density at radius 2 is 2.00 bits per heavy atom. The second kappa shape index (κ2) is 4.91. The van der Waals surface area contributed by atoms with Gasteiger partial charge in [0.15, 0.2) is 0 Å². The number of nitrogens with zero attached hydrogens (tertiary/aromatic N) is 1. The Hall–Kier alpha value is -1.30. The van der Waals surface area contributed by atoms with Crippen LogP contribution in [0.3, 0.4) is 0 Å². The van der Waals surface area contributed by atoms with Crippen molar-refractivity contribution in [2.24, 2.45) is 0 Å². The molecule has 0 bridgehead atoms. The highest BCUT2D eigenvalue weighted by Gasteiger charge is 2.40. The lowest BCUT2D eigenvalue weighted by Crippen LogP contribution is -2.43. The van der Waals surface area contributed by atoms with Crippen LogP contribution >= 0.6 is 0 Å². The molecular weight excluding hydrogens is 224 g/mol. The lowest BCUT2D eigenvalue weighted by Gasteiger charge is -2.26. The van der Waals surface area contributed by atoms with E-state index >= 15 is 0 Å². The molecule has 1 aliphatic rings. The summed E-state index contributed by atoms with van der Waals surface area (Å²) >= 11 is 0. The molecule has 1 saturated heterocycles. The molecule has 2 unspecified atom stereocenters. The Morgan fingerprint density at radius 1 is 1.41 bits per heavy atom. The highest BCUT2D eigenvalue weighted by atomic mass is 16.6. The summed E-state index contributed by atoms with van der Waals surface area (Å²) < 4.78 is 5.19. The van der Waals surface area contributed by atoms with Crippen molar-refractivity contribution >= 4 is 12.1 Å². The second-order valence-electron chi connectivity index (χ2n) is 5.21. The number of likely N-dealkylation sites (N-methyl/N-ethyl adjacent to an activating group) is 1. The fourth-order valence-electron chi connectivity index (χ4n) is 1.80. The van der Waals surface area contributed by atoms with Crippen molar-refractivity contribution in [1.29, 1.82) is 0 Å². The standard InChI is InChI=1S/C11H20N2O4/c1-11(2,3)17-10(16)13-6-7(12-4)5-8(13)9(14)15/h7-8,12H,5-6H2,1-4H3,(H,14,15). The minimum Gasteiger partial charge on any atom is -0.480 e. The summed E-state index contributed by atoms with van der Waals surface area (Å²) in [4.78, 5) is 24.2. The summed E-state index contributed by atoms with van der Waals surface area (Å²) in [7, 11) is 1.75. The number of carbonyl (C=O) groups is 2. The summed E-state index contributed by atoms with van der Waals surface area (Å²) in [5, 5.41) is 12.1. The molecule has 0 saturated carbocycles. The Labute approximate surface area is 101 Å². The van der Waals surface area contributed by atoms with Gasteiger partial charge in [0.05, 0.1) is 0 Å². The molecule has 0 aromatic carbocycles. The number of aliphatic carboxylic acids is 1. The molecule has 6 nitrogen and oxygen atoms in total. The molecular formula is C11H20N2O4. The Balaban J connectivity index is 2.73. The van der Waals surface area contributed by atoms with Crippen LogP contribution in [0.25, 0.3) is 0 Å². The zero-order chi connectivity index (χ0) is 13.2. The molecule has 0 aromatic heterocycles. The van der Waals surface area contributed by atoms with Crippen LogP contribution in [0.5, 0.6) is 0 Å². The number of carbonyl (C=O) groups excluding carboxylic acids is 1. The van der Waals surface area contributed by atoms with Crippen LogP contribution in [0.4, 0.5) is 4.79 Å². The van der Waals surface area contributed by atoms with Gasteiger partial charge in [-0.2, -0.15) is 0 Å². The van der Waals surface area contributed by atoms with E-state index in [4.69, 9.17) is 9.84 Å². The lowest BCUT2D eigenvalue weighted by molar-refractivity contribution is -0.142. The first-order chi connectivity index (χ1) is 7.74. The van der Waals surface area contributed by atoms with E-state index in [1.54, 1.807) is 27.8 Å². The maximum Gasteiger partial charge on any atom is 0.411 e. The summed E-state index contributed by atoms with van der Waals surface area (Å²) in [6.07, 6.45) is -0.159. The molecule has 0 aromatic rings. The van der Waals surface area contributed by atoms with Crippen LogP contribution in [0.1, 0.15) is 27.2 Å². The first kappa shape index (κ1) is 13.8. The van der Waals surface area contributed by atoms with E-state index in [-0.39, 0.29) is 6.04 Å². The molecule has 0 spiro atoms. The topological polar surface area (TPSA) is 78.9 Å². The van der Waals surface area contributed by atoms with Gasteiger partial charge in [-0.3, -0.25) is 4.90 Å². The van der Waals surface area contributed by atoms with Gasteiger partial charge in [-0.25, -0.2) is 9.59 Å². The Morgan fingerprint density at radius 3 is 2.41 bits per heavy atom. The van der Waals surface area contributed by atoms with E-state index in [1.165, 1.54) is 4.90 Å². The number of ether oxygens (including phenoxy) is 1. The normalized spacial score (nSPS) is 24.8. The minimum absolute atomic E-state index is 0.00335. The number of hydrogen-bond acceptors (Lipinski definition) is 4. The third-order valence-electron chi connectivity index (χ3n) is 2.62. The van der Waals surface area contributed by atoms with Gasteiger partial charge in [-0.1, -0.05) is 0 Å². The van der Waals surface area contributed by atoms with Gasteiger partial charge in [-0.05, 0) is 34.2 Å². The monoisotopic (exact) mass is 244 g/mol. The Kier molecular flexibility index (Phi) is 3.98. The lowest BCUT2D eigenvalue weighted by atomic mass is 10.2. The van der Waals surface area contributed by atoms with Crippen molar-refractivity contribution in [1.82, 2.24) is 10.2 Å². The van der Waals surface area contributed by atoms with Crippen molar-refractivity contribution in [3.63, 3.8) is 0 Å². The maximum absolute atomic E-state index is 11.8. The molecule has 17 heavy (non-hydrogen) atoms. The number of hydrogen-bond donors (Lipinski definition) is 2. The van der Waals surface area contributed by atoms with Gasteiger partial charge in [0.2, 0.25) is 0 Å². The molecule has 1 fully saturated rings. The first-order valence-electron chi connectivity index (χ1n) is 5.64. The van der Waals surface area contributed by atoms with E-state index in [2.05, 4.69) is 5.32 Å². The predicted octanol–water partition coefficient (Wildman–Crippen LogP) is 0.668. The molecule has 1 heterocycles. The van der Waals surface area contributed by atoms with Gasteiger partial charge in [0, 0.05) is 12.6 Å². The third kappa shape index (κ3) is 3.59. The fourth-order valence-corrected chi connectivity index (χ4v) is 1.80. The number of nitrogens with one attached hydrogen (secondary N) is 1. The van der Waals surface area contributed by atoms with E-state index in [9.17, 15) is 9.59 Å². The van der Waals surface area contributed by atoms with Gasteiger partial charge in [0.1, 0.15) is 11.6 Å². The summed E-state index contributed by atoms with van der Waals surface area (Å²) in [5.74, 6) is -0.992. The van der Waals surface area contributed by atoms with Crippen molar-refractivity contribution in [3.8, 4) is 0 Å². The number of carboxylic acids is 1. The molecule has 6 heteroatoms. The summed E-state index contributed by atoms with van der Waals surface area (Å²) in [5.41, 5.74) is -0.613. The van der Waals surface area contributed by atoms with Crippen molar-refractivity contribution in [2.45, 2.75) is 44.9 Å². The first-order valence-corrected chi connectivity index (χ1v) is 5.64. The Bertz CT molecular complexity index is 311. The second-order valence-corrected chi connectivity index (χ2v) is 5.21. The zero-order valence-electron chi connectivity index (χ0n) is 10.7. The van der Waals surface area contributed by atoms with Crippen molar-refractivity contribution in [3.05, 3.63) is 0 Å². The molecule has 2 N–H and O–H groups in total. The maximum atomic E-state index is 11.8. The van der Waals surface area contributed by atoms with Crippen molar-refractivity contribution in [2.75, 3.05) is 13.6 Å². The SMILES string of the molecule is CNC1CC(C(=O)O)N(C(=O)OC(C)(C)C)C1. The van der Waals surface area contributed by atoms with E-state index in [0.717, 1.165) is 0 Å². The third-order valence-corrected chi connectivity index (χ3v) is 2.62. The van der Waals surface area contributed by atoms with Crippen LogP contribution < -0.4 is 5.32 Å². The van der Waals surface area contributed by atoms with Gasteiger partial charge >= 0.3 is 12.1 Å². The minimum atomic E-state index is -0.992. The predicted molar refractivity (Wildman–Crippen MR) is 61.8 cm³/mol. The molecule has 2 atom stereocenters. The van der Waals surface area contributed by atoms with Crippen molar-refractivity contribution < 1.29 is 19.4 Å². The van der Waals surface area contributed by atoms with Gasteiger partial charge in [0.25, 0.3) is 0 Å². The van der Waals surface area contributed by atoms with Crippen LogP contribution in [-0.4, -0.2) is 53.3 Å². The number of carboxylic acid groups (broad SMARTS) is 1. The van der Waals surface area contributed by atoms with E-state index < -0.39 is 23.7 Å². The molecule has 1 amide bonds. The highest BCUT2D eigenvalue weighted by Crippen LogP contribution is 2.21.